The van der Waals surface area contributed by atoms with Crippen molar-refractivity contribution in [3.8, 4) is 0 Å². The Hall–Kier alpha value is -1.67. The molecule has 1 N–H and O–H groups in total. The van der Waals surface area contributed by atoms with Crippen LogP contribution >= 0.6 is 0 Å². The summed E-state index contributed by atoms with van der Waals surface area (Å²) in [4.78, 5) is 0. The predicted octanol–water partition coefficient (Wildman–Crippen LogP) is 4.03. The van der Waals surface area contributed by atoms with Crippen LogP contribution in [0.3, 0.4) is 0 Å². The van der Waals surface area contributed by atoms with Crippen molar-refractivity contribution in [3.05, 3.63) is 71.0 Å². The van der Waals surface area contributed by atoms with E-state index in [9.17, 15) is 9.50 Å². The zero-order chi connectivity index (χ0) is 13.9. The predicted molar refractivity (Wildman–Crippen MR) is 75.5 cm³/mol. The standard InChI is InChI=1S/C17H19FO/c1-3-13-7-5-8-14(11-13)17(19,4-2)15-9-6-10-16(18)12-15/h5-12,19H,3-4H2,1-2H3. The summed E-state index contributed by atoms with van der Waals surface area (Å²) in [6, 6.07) is 14.1. The van der Waals surface area contributed by atoms with Crippen LogP contribution in [0.5, 0.6) is 0 Å². The van der Waals surface area contributed by atoms with Gasteiger partial charge in [0, 0.05) is 0 Å². The fourth-order valence-corrected chi connectivity index (χ4v) is 2.37. The van der Waals surface area contributed by atoms with Gasteiger partial charge in [0.2, 0.25) is 0 Å². The first-order valence-electron chi connectivity index (χ1n) is 6.68. The summed E-state index contributed by atoms with van der Waals surface area (Å²) in [7, 11) is 0. The van der Waals surface area contributed by atoms with Crippen molar-refractivity contribution in [1.29, 1.82) is 0 Å². The second kappa shape index (κ2) is 5.54. The lowest BCUT2D eigenvalue weighted by Crippen LogP contribution is -2.26. The van der Waals surface area contributed by atoms with Crippen molar-refractivity contribution in [2.45, 2.75) is 32.3 Å². The largest absolute Gasteiger partial charge is 0.380 e. The first-order valence-corrected chi connectivity index (χ1v) is 6.68. The van der Waals surface area contributed by atoms with E-state index >= 15 is 0 Å². The van der Waals surface area contributed by atoms with Gasteiger partial charge >= 0.3 is 0 Å². The van der Waals surface area contributed by atoms with E-state index in [1.54, 1.807) is 12.1 Å². The SMILES string of the molecule is CCc1cccc(C(O)(CC)c2cccc(F)c2)c1. The van der Waals surface area contributed by atoms with Crippen molar-refractivity contribution >= 4 is 0 Å². The molecule has 1 unspecified atom stereocenters. The van der Waals surface area contributed by atoms with Crippen molar-refractivity contribution in [2.75, 3.05) is 0 Å². The average molecular weight is 258 g/mol. The Morgan fingerprint density at radius 2 is 1.63 bits per heavy atom. The van der Waals surface area contributed by atoms with Gasteiger partial charge in [0.25, 0.3) is 0 Å². The number of benzene rings is 2. The first-order chi connectivity index (χ1) is 9.10. The van der Waals surface area contributed by atoms with Gasteiger partial charge in [-0.15, -0.1) is 0 Å². The topological polar surface area (TPSA) is 20.2 Å². The molecule has 2 heteroatoms. The number of hydrogen-bond acceptors (Lipinski definition) is 1. The highest BCUT2D eigenvalue weighted by Gasteiger charge is 2.29. The van der Waals surface area contributed by atoms with E-state index in [1.165, 1.54) is 17.7 Å². The van der Waals surface area contributed by atoms with Crippen molar-refractivity contribution in [2.24, 2.45) is 0 Å². The highest BCUT2D eigenvalue weighted by molar-refractivity contribution is 5.38. The van der Waals surface area contributed by atoms with Crippen molar-refractivity contribution in [1.82, 2.24) is 0 Å². The van der Waals surface area contributed by atoms with Crippen LogP contribution in [0.25, 0.3) is 0 Å². The molecule has 0 aliphatic carbocycles. The molecule has 19 heavy (non-hydrogen) atoms. The Labute approximate surface area is 113 Å². The molecule has 0 spiro atoms. The number of aryl methyl sites for hydroxylation is 1. The Balaban J connectivity index is 2.52. The third kappa shape index (κ3) is 2.69. The molecule has 0 bridgehead atoms. The molecule has 0 saturated carbocycles. The normalized spacial score (nSPS) is 14.1. The summed E-state index contributed by atoms with van der Waals surface area (Å²) in [6.45, 7) is 3.98. The summed E-state index contributed by atoms with van der Waals surface area (Å²) in [5.41, 5.74) is 1.46. The maximum atomic E-state index is 13.4. The van der Waals surface area contributed by atoms with Crippen LogP contribution in [0.4, 0.5) is 4.39 Å². The Bertz CT molecular complexity index is 565. The molecule has 0 aliphatic heterocycles. The number of rotatable bonds is 4. The Morgan fingerprint density at radius 3 is 2.21 bits per heavy atom. The van der Waals surface area contributed by atoms with Gasteiger partial charge in [-0.1, -0.05) is 50.2 Å². The minimum Gasteiger partial charge on any atom is -0.380 e. The molecule has 0 radical (unpaired) electrons. The molecule has 0 aromatic heterocycles. The van der Waals surface area contributed by atoms with Gasteiger partial charge in [0.15, 0.2) is 0 Å². The average Bonchev–Trinajstić information content (AvgIpc) is 2.46. The van der Waals surface area contributed by atoms with E-state index in [2.05, 4.69) is 6.92 Å². The van der Waals surface area contributed by atoms with Gasteiger partial charge in [0.05, 0.1) is 0 Å². The summed E-state index contributed by atoms with van der Waals surface area (Å²) in [5.74, 6) is -0.323. The first kappa shape index (κ1) is 13.8. The molecule has 1 atom stereocenters. The van der Waals surface area contributed by atoms with E-state index in [1.807, 2.05) is 31.2 Å². The van der Waals surface area contributed by atoms with Gasteiger partial charge in [-0.05, 0) is 41.7 Å². The zero-order valence-corrected chi connectivity index (χ0v) is 11.4. The maximum absolute atomic E-state index is 13.4. The van der Waals surface area contributed by atoms with Gasteiger partial charge in [-0.25, -0.2) is 4.39 Å². The van der Waals surface area contributed by atoms with Crippen LogP contribution in [0.2, 0.25) is 0 Å². The molecular formula is C17H19FO. The quantitative estimate of drug-likeness (QED) is 0.877. The Kier molecular flexibility index (Phi) is 4.01. The molecule has 2 rings (SSSR count). The van der Waals surface area contributed by atoms with Gasteiger partial charge < -0.3 is 5.11 Å². The molecule has 0 saturated heterocycles. The third-order valence-corrected chi connectivity index (χ3v) is 3.63. The zero-order valence-electron chi connectivity index (χ0n) is 11.4. The molecule has 2 aromatic carbocycles. The van der Waals surface area contributed by atoms with Gasteiger partial charge in [-0.3, -0.25) is 0 Å². The van der Waals surface area contributed by atoms with E-state index in [0.717, 1.165) is 12.0 Å². The maximum Gasteiger partial charge on any atom is 0.123 e. The lowest BCUT2D eigenvalue weighted by molar-refractivity contribution is 0.0761. The molecule has 0 heterocycles. The molecular weight excluding hydrogens is 239 g/mol. The summed E-state index contributed by atoms with van der Waals surface area (Å²) >= 11 is 0. The summed E-state index contributed by atoms with van der Waals surface area (Å²) in [6.07, 6.45) is 1.42. The van der Waals surface area contributed by atoms with E-state index in [0.29, 0.717) is 12.0 Å². The smallest absolute Gasteiger partial charge is 0.123 e. The second-order valence-electron chi connectivity index (χ2n) is 4.78. The van der Waals surface area contributed by atoms with Crippen LogP contribution in [-0.4, -0.2) is 5.11 Å². The number of halogens is 1. The summed E-state index contributed by atoms with van der Waals surface area (Å²) < 4.78 is 13.4. The van der Waals surface area contributed by atoms with Crippen LogP contribution in [0.15, 0.2) is 48.5 Å². The van der Waals surface area contributed by atoms with Crippen LogP contribution in [0, 0.1) is 5.82 Å². The number of hydrogen-bond donors (Lipinski definition) is 1. The molecule has 0 aliphatic rings. The minimum absolute atomic E-state index is 0.323. The van der Waals surface area contributed by atoms with Gasteiger partial charge in [-0.2, -0.15) is 0 Å². The second-order valence-corrected chi connectivity index (χ2v) is 4.78. The molecule has 100 valence electrons. The van der Waals surface area contributed by atoms with E-state index in [-0.39, 0.29) is 5.82 Å². The van der Waals surface area contributed by atoms with Crippen molar-refractivity contribution < 1.29 is 9.50 Å². The molecule has 0 amide bonds. The highest BCUT2D eigenvalue weighted by Crippen LogP contribution is 2.33. The van der Waals surface area contributed by atoms with Crippen LogP contribution in [-0.2, 0) is 12.0 Å². The summed E-state index contributed by atoms with van der Waals surface area (Å²) in [5, 5.41) is 10.9. The monoisotopic (exact) mass is 258 g/mol. The molecule has 0 fully saturated rings. The minimum atomic E-state index is -1.13. The fourth-order valence-electron chi connectivity index (χ4n) is 2.37. The molecule has 1 nitrogen and oxygen atoms in total. The van der Waals surface area contributed by atoms with Crippen molar-refractivity contribution in [3.63, 3.8) is 0 Å². The lowest BCUT2D eigenvalue weighted by atomic mass is 9.83. The van der Waals surface area contributed by atoms with Crippen LogP contribution in [0.1, 0.15) is 37.0 Å². The molecule has 2 aromatic rings. The lowest BCUT2D eigenvalue weighted by Gasteiger charge is -2.28. The highest BCUT2D eigenvalue weighted by atomic mass is 19.1. The fraction of sp³-hybridized carbons (Fsp3) is 0.294. The van der Waals surface area contributed by atoms with E-state index < -0.39 is 5.60 Å². The Morgan fingerprint density at radius 1 is 1.00 bits per heavy atom. The van der Waals surface area contributed by atoms with Crippen LogP contribution < -0.4 is 0 Å². The number of aliphatic hydroxyl groups is 1. The van der Waals surface area contributed by atoms with E-state index in [4.69, 9.17) is 0 Å². The van der Waals surface area contributed by atoms with Gasteiger partial charge in [0.1, 0.15) is 11.4 Å². The third-order valence-electron chi connectivity index (χ3n) is 3.63.